The van der Waals surface area contributed by atoms with Crippen molar-refractivity contribution in [2.24, 2.45) is 0 Å². The molecule has 0 aromatic heterocycles. The SMILES string of the molecule is COCCNCC(=O)Nc1ccc(-c2cccc(Cl)c2)cc1C.Cl. The number of carbonyl (C=O) groups excluding carboxylic acids is 1. The molecule has 0 aliphatic heterocycles. The van der Waals surface area contributed by atoms with E-state index >= 15 is 0 Å². The van der Waals surface area contributed by atoms with E-state index in [1.54, 1.807) is 7.11 Å². The molecule has 24 heavy (non-hydrogen) atoms. The second kappa shape index (κ2) is 10.3. The Morgan fingerprint density at radius 2 is 1.92 bits per heavy atom. The lowest BCUT2D eigenvalue weighted by atomic mass is 10.0. The molecule has 2 rings (SSSR count). The topological polar surface area (TPSA) is 50.4 Å². The third-order valence-corrected chi connectivity index (χ3v) is 3.66. The summed E-state index contributed by atoms with van der Waals surface area (Å²) in [6, 6.07) is 13.6. The minimum absolute atomic E-state index is 0. The molecule has 0 unspecified atom stereocenters. The summed E-state index contributed by atoms with van der Waals surface area (Å²) in [6.45, 7) is 3.47. The van der Waals surface area contributed by atoms with Crippen molar-refractivity contribution in [3.63, 3.8) is 0 Å². The Kier molecular flexibility index (Phi) is 8.79. The smallest absolute Gasteiger partial charge is 0.238 e. The first kappa shape index (κ1) is 20.5. The fourth-order valence-electron chi connectivity index (χ4n) is 2.22. The van der Waals surface area contributed by atoms with Gasteiger partial charge in [0.05, 0.1) is 13.2 Å². The first-order chi connectivity index (χ1) is 11.1. The van der Waals surface area contributed by atoms with Gasteiger partial charge in [-0.1, -0.05) is 29.8 Å². The maximum absolute atomic E-state index is 11.9. The zero-order valence-corrected chi connectivity index (χ0v) is 15.3. The second-order valence-corrected chi connectivity index (χ2v) is 5.69. The van der Waals surface area contributed by atoms with E-state index < -0.39 is 0 Å². The second-order valence-electron chi connectivity index (χ2n) is 5.26. The van der Waals surface area contributed by atoms with Crippen LogP contribution in [0.15, 0.2) is 42.5 Å². The zero-order valence-electron chi connectivity index (χ0n) is 13.8. The van der Waals surface area contributed by atoms with Gasteiger partial charge < -0.3 is 15.4 Å². The molecule has 4 nitrogen and oxygen atoms in total. The molecule has 0 radical (unpaired) electrons. The first-order valence-corrected chi connectivity index (χ1v) is 7.84. The highest BCUT2D eigenvalue weighted by Crippen LogP contribution is 2.26. The molecule has 0 saturated heterocycles. The number of hydrogen-bond acceptors (Lipinski definition) is 3. The molecular formula is C18H22Cl2N2O2. The van der Waals surface area contributed by atoms with Gasteiger partial charge >= 0.3 is 0 Å². The largest absolute Gasteiger partial charge is 0.383 e. The predicted molar refractivity (Wildman–Crippen MR) is 102 cm³/mol. The van der Waals surface area contributed by atoms with Gasteiger partial charge in [-0.2, -0.15) is 0 Å². The maximum atomic E-state index is 11.9. The van der Waals surface area contributed by atoms with Crippen LogP contribution in [-0.2, 0) is 9.53 Å². The van der Waals surface area contributed by atoms with E-state index in [1.165, 1.54) is 0 Å². The number of methoxy groups -OCH3 is 1. The van der Waals surface area contributed by atoms with E-state index in [1.807, 2.05) is 49.4 Å². The summed E-state index contributed by atoms with van der Waals surface area (Å²) in [5.74, 6) is -0.0697. The fourth-order valence-corrected chi connectivity index (χ4v) is 2.41. The van der Waals surface area contributed by atoms with Gasteiger partial charge in [-0.15, -0.1) is 12.4 Å². The van der Waals surface area contributed by atoms with Crippen molar-refractivity contribution in [2.45, 2.75) is 6.92 Å². The summed E-state index contributed by atoms with van der Waals surface area (Å²) in [6.07, 6.45) is 0. The Morgan fingerprint density at radius 3 is 2.58 bits per heavy atom. The molecule has 2 aromatic rings. The van der Waals surface area contributed by atoms with Crippen molar-refractivity contribution >= 4 is 35.6 Å². The van der Waals surface area contributed by atoms with E-state index in [0.29, 0.717) is 18.2 Å². The average Bonchev–Trinajstić information content (AvgIpc) is 2.53. The van der Waals surface area contributed by atoms with Gasteiger partial charge in [-0.05, 0) is 47.9 Å². The Labute approximate surface area is 154 Å². The van der Waals surface area contributed by atoms with Crippen LogP contribution >= 0.6 is 24.0 Å². The van der Waals surface area contributed by atoms with Gasteiger partial charge in [-0.3, -0.25) is 4.79 Å². The number of anilines is 1. The number of halogens is 2. The summed E-state index contributed by atoms with van der Waals surface area (Å²) in [5, 5.41) is 6.63. The van der Waals surface area contributed by atoms with Gasteiger partial charge in [0.1, 0.15) is 0 Å². The van der Waals surface area contributed by atoms with Crippen LogP contribution in [0.1, 0.15) is 5.56 Å². The molecule has 0 bridgehead atoms. The van der Waals surface area contributed by atoms with Gasteiger partial charge in [0.15, 0.2) is 0 Å². The van der Waals surface area contributed by atoms with Crippen molar-refractivity contribution in [3.8, 4) is 11.1 Å². The molecule has 0 fully saturated rings. The molecule has 0 spiro atoms. The number of aryl methyl sites for hydroxylation is 1. The Hall–Kier alpha value is -1.59. The van der Waals surface area contributed by atoms with Crippen LogP contribution in [0.3, 0.4) is 0 Å². The third kappa shape index (κ3) is 6.13. The van der Waals surface area contributed by atoms with E-state index in [4.69, 9.17) is 16.3 Å². The van der Waals surface area contributed by atoms with Crippen LogP contribution in [0, 0.1) is 6.92 Å². The number of ether oxygens (including phenoxy) is 1. The highest BCUT2D eigenvalue weighted by Gasteiger charge is 2.06. The highest BCUT2D eigenvalue weighted by molar-refractivity contribution is 6.30. The van der Waals surface area contributed by atoms with E-state index in [9.17, 15) is 4.79 Å². The summed E-state index contributed by atoms with van der Waals surface area (Å²) >= 11 is 6.03. The van der Waals surface area contributed by atoms with Crippen molar-refractivity contribution in [1.29, 1.82) is 0 Å². The molecular weight excluding hydrogens is 347 g/mol. The molecule has 130 valence electrons. The van der Waals surface area contributed by atoms with Crippen LogP contribution < -0.4 is 10.6 Å². The predicted octanol–water partition coefficient (Wildman–Crippen LogP) is 3.91. The standard InChI is InChI=1S/C18H21ClN2O2.ClH/c1-13-10-15(14-4-3-5-16(19)11-14)6-7-17(13)21-18(22)12-20-8-9-23-2;/h3-7,10-11,20H,8-9,12H2,1-2H3,(H,21,22);1H. The summed E-state index contributed by atoms with van der Waals surface area (Å²) in [4.78, 5) is 11.9. The molecule has 0 aliphatic carbocycles. The third-order valence-electron chi connectivity index (χ3n) is 3.43. The first-order valence-electron chi connectivity index (χ1n) is 7.46. The van der Waals surface area contributed by atoms with Crippen LogP contribution in [0.4, 0.5) is 5.69 Å². The monoisotopic (exact) mass is 368 g/mol. The van der Waals surface area contributed by atoms with Gasteiger partial charge in [0.2, 0.25) is 5.91 Å². The lowest BCUT2D eigenvalue weighted by molar-refractivity contribution is -0.115. The summed E-state index contributed by atoms with van der Waals surface area (Å²) in [5.41, 5.74) is 3.95. The normalized spacial score (nSPS) is 10.1. The number of nitrogens with one attached hydrogen (secondary N) is 2. The van der Waals surface area contributed by atoms with Crippen LogP contribution in [0.25, 0.3) is 11.1 Å². The Balaban J connectivity index is 0.00000288. The molecule has 0 heterocycles. The van der Waals surface area contributed by atoms with Crippen molar-refractivity contribution in [1.82, 2.24) is 5.32 Å². The number of rotatable bonds is 7. The van der Waals surface area contributed by atoms with E-state index in [-0.39, 0.29) is 24.9 Å². The molecule has 2 N–H and O–H groups in total. The fraction of sp³-hybridized carbons (Fsp3) is 0.278. The van der Waals surface area contributed by atoms with Gasteiger partial charge in [-0.25, -0.2) is 0 Å². The van der Waals surface area contributed by atoms with Crippen LogP contribution in [0.2, 0.25) is 5.02 Å². The van der Waals surface area contributed by atoms with Crippen molar-refractivity contribution in [3.05, 3.63) is 53.1 Å². The summed E-state index contributed by atoms with van der Waals surface area (Å²) < 4.78 is 4.92. The molecule has 0 aliphatic rings. The van der Waals surface area contributed by atoms with E-state index in [2.05, 4.69) is 10.6 Å². The average molecular weight is 369 g/mol. The van der Waals surface area contributed by atoms with Gasteiger partial charge in [0, 0.05) is 24.4 Å². The number of benzene rings is 2. The maximum Gasteiger partial charge on any atom is 0.238 e. The quantitative estimate of drug-likeness (QED) is 0.728. The Bertz CT molecular complexity index is 678. The van der Waals surface area contributed by atoms with Crippen LogP contribution in [0.5, 0.6) is 0 Å². The molecule has 0 atom stereocenters. The molecule has 2 aromatic carbocycles. The zero-order chi connectivity index (χ0) is 16.7. The molecule has 6 heteroatoms. The minimum Gasteiger partial charge on any atom is -0.383 e. The van der Waals surface area contributed by atoms with Gasteiger partial charge in [0.25, 0.3) is 0 Å². The summed E-state index contributed by atoms with van der Waals surface area (Å²) in [7, 11) is 1.63. The van der Waals surface area contributed by atoms with E-state index in [0.717, 1.165) is 22.4 Å². The molecule has 1 amide bonds. The number of hydrogen-bond donors (Lipinski definition) is 2. The Morgan fingerprint density at radius 1 is 1.17 bits per heavy atom. The number of carbonyl (C=O) groups is 1. The minimum atomic E-state index is -0.0697. The van der Waals surface area contributed by atoms with Crippen molar-refractivity contribution in [2.75, 3.05) is 32.1 Å². The molecule has 0 saturated carbocycles. The highest BCUT2D eigenvalue weighted by atomic mass is 35.5. The van der Waals surface area contributed by atoms with Crippen LogP contribution in [-0.4, -0.2) is 32.7 Å². The lowest BCUT2D eigenvalue weighted by Gasteiger charge is -2.11. The lowest BCUT2D eigenvalue weighted by Crippen LogP contribution is -2.30. The van der Waals surface area contributed by atoms with Crippen molar-refractivity contribution < 1.29 is 9.53 Å². The number of amides is 1.